The monoisotopic (exact) mass is 252 g/mol. The number of allylic oxidation sites excluding steroid dienone is 3. The number of ketones is 1. The van der Waals surface area contributed by atoms with Crippen molar-refractivity contribution in [3.8, 4) is 0 Å². The van der Waals surface area contributed by atoms with Crippen molar-refractivity contribution >= 4 is 5.78 Å². The third-order valence-electron chi connectivity index (χ3n) is 2.57. The summed E-state index contributed by atoms with van der Waals surface area (Å²) in [5.41, 5.74) is -1.28. The zero-order valence-electron chi connectivity index (χ0n) is 11.7. The fraction of sp³-hybridized carbons (Fsp3) is 0.533. The molecule has 0 aromatic rings. The van der Waals surface area contributed by atoms with Crippen LogP contribution in [0, 0.1) is 0 Å². The lowest BCUT2D eigenvalue weighted by Crippen LogP contribution is -2.19. The largest absolute Gasteiger partial charge is 0.386 e. The molecule has 1 unspecified atom stereocenters. The molecule has 0 amide bonds. The van der Waals surface area contributed by atoms with Crippen LogP contribution < -0.4 is 0 Å². The highest BCUT2D eigenvalue weighted by molar-refractivity contribution is 6.03. The van der Waals surface area contributed by atoms with Gasteiger partial charge in [-0.3, -0.25) is 4.79 Å². The van der Waals surface area contributed by atoms with Crippen molar-refractivity contribution < 1.29 is 15.0 Å². The van der Waals surface area contributed by atoms with E-state index in [0.29, 0.717) is 18.4 Å². The van der Waals surface area contributed by atoms with Crippen LogP contribution in [0.1, 0.15) is 40.5 Å². The molecule has 0 aliphatic rings. The van der Waals surface area contributed by atoms with E-state index in [4.69, 9.17) is 0 Å². The predicted octanol–water partition coefficient (Wildman–Crippen LogP) is 2.55. The van der Waals surface area contributed by atoms with Crippen molar-refractivity contribution in [2.45, 2.75) is 51.7 Å². The molecule has 0 radical (unpaired) electrons. The van der Waals surface area contributed by atoms with Gasteiger partial charge in [-0.15, -0.1) is 6.58 Å². The molecule has 0 heterocycles. The molecule has 102 valence electrons. The van der Waals surface area contributed by atoms with Crippen LogP contribution in [0.15, 0.2) is 36.5 Å². The molecule has 0 bridgehead atoms. The quantitative estimate of drug-likeness (QED) is 0.541. The fourth-order valence-electron chi connectivity index (χ4n) is 1.19. The van der Waals surface area contributed by atoms with Gasteiger partial charge in [-0.25, -0.2) is 0 Å². The maximum atomic E-state index is 11.7. The highest BCUT2D eigenvalue weighted by Crippen LogP contribution is 2.14. The van der Waals surface area contributed by atoms with Crippen molar-refractivity contribution in [2.24, 2.45) is 0 Å². The first kappa shape index (κ1) is 16.8. The number of hydrogen-bond donors (Lipinski definition) is 2. The van der Waals surface area contributed by atoms with Crippen LogP contribution in [0.2, 0.25) is 0 Å². The van der Waals surface area contributed by atoms with E-state index in [2.05, 4.69) is 6.58 Å². The predicted molar refractivity (Wildman–Crippen MR) is 74.3 cm³/mol. The second kappa shape index (κ2) is 6.66. The van der Waals surface area contributed by atoms with E-state index in [-0.39, 0.29) is 5.78 Å². The molecule has 0 aromatic carbocycles. The van der Waals surface area contributed by atoms with Crippen molar-refractivity contribution in [1.82, 2.24) is 0 Å². The van der Waals surface area contributed by atoms with Crippen LogP contribution in [-0.4, -0.2) is 27.2 Å². The minimum atomic E-state index is -0.984. The van der Waals surface area contributed by atoms with E-state index in [1.54, 1.807) is 33.8 Å². The number of rotatable bonds is 7. The summed E-state index contributed by atoms with van der Waals surface area (Å²) >= 11 is 0. The molecule has 1 atom stereocenters. The molecular formula is C15H24O3. The van der Waals surface area contributed by atoms with Crippen LogP contribution in [0.4, 0.5) is 0 Å². The highest BCUT2D eigenvalue weighted by Gasteiger charge is 2.14. The van der Waals surface area contributed by atoms with Gasteiger partial charge in [0.25, 0.3) is 0 Å². The van der Waals surface area contributed by atoms with E-state index in [0.717, 1.165) is 0 Å². The first-order valence-electron chi connectivity index (χ1n) is 6.06. The minimum Gasteiger partial charge on any atom is -0.386 e. The molecule has 0 rings (SSSR count). The summed E-state index contributed by atoms with van der Waals surface area (Å²) in [5, 5.41) is 19.2. The zero-order chi connectivity index (χ0) is 14.4. The Morgan fingerprint density at radius 2 is 1.83 bits per heavy atom. The Bertz CT molecular complexity index is 354. The Hall–Kier alpha value is -1.19. The normalized spacial score (nSPS) is 16.7. The summed E-state index contributed by atoms with van der Waals surface area (Å²) in [6.07, 6.45) is 7.24. The maximum Gasteiger partial charge on any atom is 0.180 e. The highest BCUT2D eigenvalue weighted by atomic mass is 16.3. The molecule has 0 saturated heterocycles. The number of carbonyl (C=O) groups excluding carboxylic acids is 1. The Morgan fingerprint density at radius 1 is 1.28 bits per heavy atom. The van der Waals surface area contributed by atoms with Gasteiger partial charge in [0.2, 0.25) is 0 Å². The first-order chi connectivity index (χ1) is 8.07. The van der Waals surface area contributed by atoms with Crippen molar-refractivity contribution in [1.29, 1.82) is 0 Å². The summed E-state index contributed by atoms with van der Waals surface area (Å²) in [5.74, 6) is -0.129. The van der Waals surface area contributed by atoms with E-state index in [9.17, 15) is 15.0 Å². The lowest BCUT2D eigenvalue weighted by atomic mass is 9.99. The van der Waals surface area contributed by atoms with Gasteiger partial charge in [0.15, 0.2) is 5.78 Å². The van der Waals surface area contributed by atoms with Crippen LogP contribution in [0.5, 0.6) is 0 Å². The smallest absolute Gasteiger partial charge is 0.180 e. The average Bonchev–Trinajstić information content (AvgIpc) is 2.24. The Morgan fingerprint density at radius 3 is 2.28 bits per heavy atom. The van der Waals surface area contributed by atoms with Crippen LogP contribution >= 0.6 is 0 Å². The molecule has 0 aliphatic heterocycles. The molecule has 0 saturated carbocycles. The van der Waals surface area contributed by atoms with Crippen molar-refractivity contribution in [2.75, 3.05) is 0 Å². The Kier molecular flexibility index (Phi) is 6.22. The molecule has 3 heteroatoms. The first-order valence-corrected chi connectivity index (χ1v) is 6.06. The van der Waals surface area contributed by atoms with Gasteiger partial charge in [0.05, 0.1) is 11.2 Å². The summed E-state index contributed by atoms with van der Waals surface area (Å²) in [7, 11) is 0. The van der Waals surface area contributed by atoms with E-state index < -0.39 is 11.2 Å². The van der Waals surface area contributed by atoms with E-state index >= 15 is 0 Å². The van der Waals surface area contributed by atoms with Gasteiger partial charge >= 0.3 is 0 Å². The summed E-state index contributed by atoms with van der Waals surface area (Å²) < 4.78 is 0. The Labute approximate surface area is 110 Å². The van der Waals surface area contributed by atoms with Crippen molar-refractivity contribution in [3.05, 3.63) is 36.5 Å². The van der Waals surface area contributed by atoms with Crippen LogP contribution in [0.25, 0.3) is 0 Å². The molecule has 0 aliphatic carbocycles. The third-order valence-corrected chi connectivity index (χ3v) is 2.57. The number of hydrogen-bond acceptors (Lipinski definition) is 3. The van der Waals surface area contributed by atoms with Gasteiger partial charge in [-0.2, -0.15) is 0 Å². The molecule has 0 aromatic heterocycles. The average molecular weight is 252 g/mol. The SMILES string of the molecule is C=CC(C)(O)CCC=C(C)C(=O)C=CC(C)(C)O. The van der Waals surface area contributed by atoms with Gasteiger partial charge < -0.3 is 10.2 Å². The molecule has 2 N–H and O–H groups in total. The Balaban J connectivity index is 4.39. The molecule has 0 spiro atoms. The maximum absolute atomic E-state index is 11.7. The standard InChI is InChI=1S/C15H24O3/c1-6-15(5,18)10-7-8-12(2)13(16)9-11-14(3,4)17/h6,8-9,11,17-18H,1,7,10H2,2-5H3. The van der Waals surface area contributed by atoms with E-state index in [1.165, 1.54) is 18.2 Å². The zero-order valence-corrected chi connectivity index (χ0v) is 11.7. The molecule has 3 nitrogen and oxygen atoms in total. The van der Waals surface area contributed by atoms with Gasteiger partial charge in [0.1, 0.15) is 0 Å². The topological polar surface area (TPSA) is 57.5 Å². The van der Waals surface area contributed by atoms with Gasteiger partial charge in [0, 0.05) is 0 Å². The molecule has 0 fully saturated rings. The van der Waals surface area contributed by atoms with Crippen molar-refractivity contribution in [3.63, 3.8) is 0 Å². The lowest BCUT2D eigenvalue weighted by molar-refractivity contribution is -0.111. The number of aliphatic hydroxyl groups is 2. The second-order valence-corrected chi connectivity index (χ2v) is 5.34. The third kappa shape index (κ3) is 7.98. The van der Waals surface area contributed by atoms with Crippen LogP contribution in [0.3, 0.4) is 0 Å². The summed E-state index contributed by atoms with van der Waals surface area (Å²) in [6.45, 7) is 10.2. The second-order valence-electron chi connectivity index (χ2n) is 5.34. The summed E-state index contributed by atoms with van der Waals surface area (Å²) in [4.78, 5) is 11.7. The van der Waals surface area contributed by atoms with Crippen LogP contribution in [-0.2, 0) is 4.79 Å². The lowest BCUT2D eigenvalue weighted by Gasteiger charge is -2.16. The molecular weight excluding hydrogens is 228 g/mol. The molecule has 18 heavy (non-hydrogen) atoms. The summed E-state index contributed by atoms with van der Waals surface area (Å²) in [6, 6.07) is 0. The van der Waals surface area contributed by atoms with Gasteiger partial charge in [-0.05, 0) is 58.3 Å². The minimum absolute atomic E-state index is 0.129. The number of carbonyl (C=O) groups is 1. The van der Waals surface area contributed by atoms with E-state index in [1.807, 2.05) is 0 Å². The van der Waals surface area contributed by atoms with Gasteiger partial charge in [-0.1, -0.05) is 12.2 Å². The fourth-order valence-corrected chi connectivity index (χ4v) is 1.19.